The third-order valence-electron chi connectivity index (χ3n) is 4.10. The Morgan fingerprint density at radius 3 is 2.89 bits per heavy atom. The Balaban J connectivity index is 1.90. The van der Waals surface area contributed by atoms with Gasteiger partial charge in [-0.15, -0.1) is 0 Å². The molecule has 0 amide bonds. The molecule has 0 radical (unpaired) electrons. The van der Waals surface area contributed by atoms with Crippen LogP contribution < -0.4 is 10.1 Å². The van der Waals surface area contributed by atoms with Crippen molar-refractivity contribution in [1.82, 2.24) is 19.6 Å². The molecule has 8 heteroatoms. The Labute approximate surface area is 165 Å². The molecule has 1 N–H and O–H groups in total. The normalized spacial score (nSPS) is 13.5. The van der Waals surface area contributed by atoms with Gasteiger partial charge in [-0.2, -0.15) is 19.6 Å². The average molecular weight is 400 g/mol. The van der Waals surface area contributed by atoms with Crippen LogP contribution in [0.5, 0.6) is 5.75 Å². The Kier molecular flexibility index (Phi) is 4.83. The van der Waals surface area contributed by atoms with E-state index in [0.29, 0.717) is 33.1 Å². The van der Waals surface area contributed by atoms with Gasteiger partial charge in [0.1, 0.15) is 23.0 Å². The van der Waals surface area contributed by atoms with E-state index in [-0.39, 0.29) is 0 Å². The highest BCUT2D eigenvalue weighted by Crippen LogP contribution is 2.38. The lowest BCUT2D eigenvalue weighted by atomic mass is 10.1. The number of allylic oxidation sites excluding steroid dienone is 5. The lowest BCUT2D eigenvalue weighted by Crippen LogP contribution is -2.08. The van der Waals surface area contributed by atoms with Crippen LogP contribution >= 0.6 is 23.2 Å². The molecule has 2 heterocycles. The molecule has 0 bridgehead atoms. The van der Waals surface area contributed by atoms with Crippen LogP contribution in [0, 0.1) is 0 Å². The fourth-order valence-electron chi connectivity index (χ4n) is 2.83. The van der Waals surface area contributed by atoms with Crippen LogP contribution in [0.1, 0.15) is 6.42 Å². The zero-order valence-electron chi connectivity index (χ0n) is 14.4. The van der Waals surface area contributed by atoms with E-state index in [1.54, 1.807) is 23.8 Å². The van der Waals surface area contributed by atoms with E-state index in [0.717, 1.165) is 17.7 Å². The summed E-state index contributed by atoms with van der Waals surface area (Å²) in [4.78, 5) is 8.50. The number of hydrogen-bond acceptors (Lipinski definition) is 5. The van der Waals surface area contributed by atoms with Crippen molar-refractivity contribution in [3.05, 3.63) is 70.8 Å². The summed E-state index contributed by atoms with van der Waals surface area (Å²) in [5, 5.41) is 8.51. The van der Waals surface area contributed by atoms with Crippen LogP contribution in [0.2, 0.25) is 10.2 Å². The molecular formula is C19H15Cl2N5O. The molecule has 0 aliphatic heterocycles. The number of anilines is 1. The van der Waals surface area contributed by atoms with E-state index >= 15 is 0 Å². The molecule has 0 atom stereocenters. The summed E-state index contributed by atoms with van der Waals surface area (Å²) >= 11 is 12.8. The smallest absolute Gasteiger partial charge is 0.255 e. The van der Waals surface area contributed by atoms with Gasteiger partial charge >= 0.3 is 0 Å². The Hall–Kier alpha value is -2.83. The SMILES string of the molecule is COc1ccc(-c2c(Cl)nc3ncnn3c2NC2=CC=CC=CC2)cc1Cl. The highest BCUT2D eigenvalue weighted by atomic mass is 35.5. The van der Waals surface area contributed by atoms with Crippen molar-refractivity contribution in [2.45, 2.75) is 6.42 Å². The molecule has 6 nitrogen and oxygen atoms in total. The van der Waals surface area contributed by atoms with Gasteiger partial charge in [0.2, 0.25) is 0 Å². The molecule has 0 fully saturated rings. The lowest BCUT2D eigenvalue weighted by molar-refractivity contribution is 0.415. The molecule has 0 unspecified atom stereocenters. The second-order valence-electron chi connectivity index (χ2n) is 5.78. The summed E-state index contributed by atoms with van der Waals surface area (Å²) in [7, 11) is 1.57. The molecule has 1 aliphatic carbocycles. The van der Waals surface area contributed by atoms with Gasteiger partial charge in [0.25, 0.3) is 5.78 Å². The molecular weight excluding hydrogens is 385 g/mol. The predicted molar refractivity (Wildman–Crippen MR) is 107 cm³/mol. The number of halogens is 2. The molecule has 3 aromatic rings. The molecule has 27 heavy (non-hydrogen) atoms. The van der Waals surface area contributed by atoms with Crippen molar-refractivity contribution in [3.63, 3.8) is 0 Å². The minimum atomic E-state index is 0.305. The van der Waals surface area contributed by atoms with Crippen LogP contribution in [-0.4, -0.2) is 26.7 Å². The Morgan fingerprint density at radius 1 is 1.19 bits per heavy atom. The van der Waals surface area contributed by atoms with Crippen molar-refractivity contribution in [2.75, 3.05) is 12.4 Å². The van der Waals surface area contributed by atoms with Gasteiger partial charge in [-0.05, 0) is 23.8 Å². The van der Waals surface area contributed by atoms with Gasteiger partial charge in [-0.1, -0.05) is 53.6 Å². The molecule has 0 saturated heterocycles. The van der Waals surface area contributed by atoms with Crippen molar-refractivity contribution >= 4 is 34.8 Å². The van der Waals surface area contributed by atoms with Crippen LogP contribution in [-0.2, 0) is 0 Å². The first-order valence-electron chi connectivity index (χ1n) is 8.20. The van der Waals surface area contributed by atoms with Crippen LogP contribution in [0.3, 0.4) is 0 Å². The number of fused-ring (bicyclic) bond motifs is 1. The molecule has 1 aliphatic rings. The van der Waals surface area contributed by atoms with E-state index in [1.807, 2.05) is 30.4 Å². The number of aromatic nitrogens is 4. The molecule has 0 spiro atoms. The van der Waals surface area contributed by atoms with Gasteiger partial charge in [0.05, 0.1) is 17.7 Å². The van der Waals surface area contributed by atoms with E-state index in [2.05, 4.69) is 26.5 Å². The Morgan fingerprint density at radius 2 is 2.07 bits per heavy atom. The van der Waals surface area contributed by atoms with E-state index in [4.69, 9.17) is 27.9 Å². The van der Waals surface area contributed by atoms with Crippen LogP contribution in [0.4, 0.5) is 5.82 Å². The van der Waals surface area contributed by atoms with Gasteiger partial charge in [-0.25, -0.2) is 0 Å². The number of ether oxygens (including phenoxy) is 1. The summed E-state index contributed by atoms with van der Waals surface area (Å²) in [6, 6.07) is 5.46. The largest absolute Gasteiger partial charge is 0.495 e. The fraction of sp³-hybridized carbons (Fsp3) is 0.105. The van der Waals surface area contributed by atoms with Gasteiger partial charge in [0.15, 0.2) is 0 Å². The van der Waals surface area contributed by atoms with Gasteiger partial charge in [0, 0.05) is 12.1 Å². The zero-order chi connectivity index (χ0) is 18.8. The molecule has 4 rings (SSSR count). The van der Waals surface area contributed by atoms with Crippen molar-refractivity contribution in [1.29, 1.82) is 0 Å². The van der Waals surface area contributed by atoms with Crippen molar-refractivity contribution in [2.24, 2.45) is 0 Å². The average Bonchev–Trinajstić information content (AvgIpc) is 2.97. The third-order valence-corrected chi connectivity index (χ3v) is 4.66. The fourth-order valence-corrected chi connectivity index (χ4v) is 3.36. The third kappa shape index (κ3) is 3.41. The minimum Gasteiger partial charge on any atom is -0.495 e. The maximum atomic E-state index is 6.52. The van der Waals surface area contributed by atoms with Crippen LogP contribution in [0.15, 0.2) is 60.6 Å². The quantitative estimate of drug-likeness (QED) is 0.630. The maximum Gasteiger partial charge on any atom is 0.255 e. The standard InChI is InChI=1S/C19H15Cl2N5O/c1-27-15-9-8-12(10-14(15)20)16-17(21)25-19-22-11-23-26(19)18(16)24-13-6-4-2-3-5-7-13/h2-6,8-11,24H,7H2,1H3. The molecule has 0 saturated carbocycles. The monoisotopic (exact) mass is 399 g/mol. The topological polar surface area (TPSA) is 64.3 Å². The number of benzene rings is 1. The molecule has 136 valence electrons. The first-order chi connectivity index (χ1) is 13.2. The summed E-state index contributed by atoms with van der Waals surface area (Å²) in [5.74, 6) is 1.66. The number of rotatable bonds is 4. The van der Waals surface area contributed by atoms with Crippen LogP contribution in [0.25, 0.3) is 16.9 Å². The van der Waals surface area contributed by atoms with Gasteiger partial charge < -0.3 is 10.1 Å². The number of methoxy groups -OCH3 is 1. The second kappa shape index (κ2) is 7.42. The van der Waals surface area contributed by atoms with Gasteiger partial charge in [-0.3, -0.25) is 0 Å². The Bertz CT molecular complexity index is 1100. The number of hydrogen-bond donors (Lipinski definition) is 1. The highest BCUT2D eigenvalue weighted by Gasteiger charge is 2.19. The number of nitrogens with zero attached hydrogens (tertiary/aromatic N) is 4. The van der Waals surface area contributed by atoms with E-state index in [9.17, 15) is 0 Å². The predicted octanol–water partition coefficient (Wildman–Crippen LogP) is 4.92. The van der Waals surface area contributed by atoms with Crippen molar-refractivity contribution in [3.8, 4) is 16.9 Å². The maximum absolute atomic E-state index is 6.52. The summed E-state index contributed by atoms with van der Waals surface area (Å²) in [5.41, 5.74) is 2.45. The number of nitrogens with one attached hydrogen (secondary N) is 1. The summed E-state index contributed by atoms with van der Waals surface area (Å²) in [6.07, 6.45) is 12.2. The first kappa shape index (κ1) is 17.6. The van der Waals surface area contributed by atoms with Crippen molar-refractivity contribution < 1.29 is 4.74 Å². The first-order valence-corrected chi connectivity index (χ1v) is 8.95. The zero-order valence-corrected chi connectivity index (χ0v) is 15.9. The molecule has 1 aromatic carbocycles. The van der Waals surface area contributed by atoms with E-state index < -0.39 is 0 Å². The summed E-state index contributed by atoms with van der Waals surface area (Å²) in [6.45, 7) is 0. The minimum absolute atomic E-state index is 0.305. The molecule has 2 aromatic heterocycles. The lowest BCUT2D eigenvalue weighted by Gasteiger charge is -2.16. The second-order valence-corrected chi connectivity index (χ2v) is 6.55. The summed E-state index contributed by atoms with van der Waals surface area (Å²) < 4.78 is 6.87. The highest BCUT2D eigenvalue weighted by molar-refractivity contribution is 6.34. The van der Waals surface area contributed by atoms with E-state index in [1.165, 1.54) is 6.33 Å².